The van der Waals surface area contributed by atoms with E-state index in [2.05, 4.69) is 90.5 Å². The Kier molecular flexibility index (Phi) is 15.3. The van der Waals surface area contributed by atoms with Crippen LogP contribution in [0.1, 0.15) is 94.6 Å². The highest BCUT2D eigenvalue weighted by atomic mass is 32.2. The summed E-state index contributed by atoms with van der Waals surface area (Å²) < 4.78 is 31.0. The normalized spacial score (nSPS) is 12.9. The number of nitrogens with one attached hydrogen (secondary N) is 1. The zero-order chi connectivity index (χ0) is 36.6. The van der Waals surface area contributed by atoms with Crippen molar-refractivity contribution in [1.82, 2.24) is 15.5 Å². The van der Waals surface area contributed by atoms with E-state index in [9.17, 15) is 14.7 Å². The second-order valence-electron chi connectivity index (χ2n) is 13.6. The minimum absolute atomic E-state index is 0.0290. The fraction of sp³-hybridized carbons (Fsp3) is 0.647. The Hall–Kier alpha value is -2.82. The van der Waals surface area contributed by atoms with Crippen LogP contribution in [0.2, 0.25) is 23.2 Å². The van der Waals surface area contributed by atoms with Crippen LogP contribution >= 0.6 is 11.8 Å². The highest BCUT2D eigenvalue weighted by Crippen LogP contribution is 2.51. The Balaban J connectivity index is 2.85. The van der Waals surface area contributed by atoms with Gasteiger partial charge in [-0.25, -0.2) is 4.79 Å². The summed E-state index contributed by atoms with van der Waals surface area (Å²) >= 11 is 1.43. The van der Waals surface area contributed by atoms with E-state index in [1.165, 1.54) is 17.8 Å². The van der Waals surface area contributed by atoms with Crippen molar-refractivity contribution in [3.05, 3.63) is 41.1 Å². The first kappa shape index (κ1) is 41.4. The van der Waals surface area contributed by atoms with E-state index in [4.69, 9.17) is 22.8 Å². The van der Waals surface area contributed by atoms with Crippen molar-refractivity contribution < 1.29 is 37.5 Å². The second kappa shape index (κ2) is 17.7. The van der Waals surface area contributed by atoms with Crippen LogP contribution in [0.4, 0.5) is 0 Å². The number of aliphatic hydroxyl groups excluding tert-OH is 1. The third-order valence-corrected chi connectivity index (χ3v) is 16.4. The molecule has 0 spiro atoms. The molecule has 2 radical (unpaired) electrons. The van der Waals surface area contributed by atoms with Gasteiger partial charge >= 0.3 is 5.97 Å². The van der Waals surface area contributed by atoms with Gasteiger partial charge in [0.1, 0.15) is 19.3 Å². The molecule has 0 aliphatic carbocycles. The van der Waals surface area contributed by atoms with E-state index >= 15 is 0 Å². The molecule has 0 bridgehead atoms. The monoisotopic (exact) mass is 721 g/mol. The molecule has 0 saturated carbocycles. The molecule has 1 amide bonds. The molecule has 14 heteroatoms. The minimum atomic E-state index is -1.56. The molecule has 0 aliphatic heterocycles. The number of ether oxygens (including phenoxy) is 2. The van der Waals surface area contributed by atoms with E-state index in [1.54, 1.807) is 14.0 Å². The zero-order valence-corrected chi connectivity index (χ0v) is 33.8. The fourth-order valence-corrected chi connectivity index (χ4v) is 8.69. The lowest BCUT2D eigenvalue weighted by atomic mass is 9.99. The minimum Gasteiger partial charge on any atom is -0.539 e. The van der Waals surface area contributed by atoms with Gasteiger partial charge in [0.15, 0.2) is 23.1 Å². The van der Waals surface area contributed by atoms with Gasteiger partial charge < -0.3 is 33.3 Å². The number of aryl methyl sites for hydroxylation is 1. The highest BCUT2D eigenvalue weighted by molar-refractivity contribution is 7.98. The van der Waals surface area contributed by atoms with Crippen LogP contribution in [-0.2, 0) is 15.3 Å². The molecule has 2 rings (SSSR count). The Bertz CT molecular complexity index is 1410. The van der Waals surface area contributed by atoms with Crippen molar-refractivity contribution >= 4 is 41.7 Å². The van der Waals surface area contributed by atoms with Crippen LogP contribution in [0.25, 0.3) is 0 Å². The maximum atomic E-state index is 13.8. The molecule has 1 aromatic carbocycles. The third kappa shape index (κ3) is 9.88. The first-order valence-corrected chi connectivity index (χ1v) is 21.1. The second-order valence-corrected chi connectivity index (χ2v) is 19.8. The van der Waals surface area contributed by atoms with Gasteiger partial charge in [0.2, 0.25) is 11.8 Å². The lowest BCUT2D eigenvalue weighted by Gasteiger charge is -2.37. The lowest BCUT2D eigenvalue weighted by Crippen LogP contribution is -2.37. The number of hydrogen-bond acceptors (Lipinski definition) is 11. The number of aliphatic hydroxyl groups is 1. The van der Waals surface area contributed by atoms with Gasteiger partial charge in [-0.1, -0.05) is 73.2 Å². The quantitative estimate of drug-likeness (QED) is 0.0880. The van der Waals surface area contributed by atoms with Gasteiger partial charge in [-0.15, -0.1) is 0 Å². The average Bonchev–Trinajstić information content (AvgIpc) is 3.46. The van der Waals surface area contributed by atoms with E-state index < -0.39 is 42.6 Å². The van der Waals surface area contributed by atoms with Crippen LogP contribution in [0, 0.1) is 25.7 Å². The number of aromatic nitrogens is 2. The van der Waals surface area contributed by atoms with E-state index in [-0.39, 0.29) is 28.3 Å². The van der Waals surface area contributed by atoms with Crippen LogP contribution in [0.3, 0.4) is 0 Å². The molecule has 1 unspecified atom stereocenters. The number of rotatable bonds is 19. The summed E-state index contributed by atoms with van der Waals surface area (Å²) in [6, 6.07) is -0.686. The van der Waals surface area contributed by atoms with Gasteiger partial charge in [0.05, 0.1) is 12.7 Å². The largest absolute Gasteiger partial charge is 0.539 e. The first-order chi connectivity index (χ1) is 22.3. The Morgan fingerprint density at radius 1 is 1.02 bits per heavy atom. The van der Waals surface area contributed by atoms with Crippen molar-refractivity contribution in [2.24, 2.45) is 11.8 Å². The number of methoxy groups -OCH3 is 1. The summed E-state index contributed by atoms with van der Waals surface area (Å²) in [6.07, 6.45) is 1.52. The zero-order valence-electron chi connectivity index (χ0n) is 31.0. The topological polar surface area (TPSA) is 142 Å². The number of benzene rings is 1. The Labute approximate surface area is 294 Å². The summed E-state index contributed by atoms with van der Waals surface area (Å²) in [5.74, 6) is 2.14. The number of esters is 1. The Morgan fingerprint density at radius 3 is 2.04 bits per heavy atom. The van der Waals surface area contributed by atoms with Crippen molar-refractivity contribution in [2.45, 2.75) is 104 Å². The van der Waals surface area contributed by atoms with Crippen molar-refractivity contribution in [3.8, 4) is 17.2 Å². The summed E-state index contributed by atoms with van der Waals surface area (Å²) in [5, 5.41) is 15.8. The van der Waals surface area contributed by atoms with Gasteiger partial charge in [0.25, 0.3) is 18.1 Å². The van der Waals surface area contributed by atoms with E-state index in [0.29, 0.717) is 57.4 Å². The summed E-state index contributed by atoms with van der Waals surface area (Å²) in [4.78, 5) is 30.3. The molecular formula is C34H55N3O8SSi2. The molecule has 0 aliphatic rings. The predicted octanol–water partition coefficient (Wildman–Crippen LogP) is 6.99. The van der Waals surface area contributed by atoms with Crippen LogP contribution < -0.4 is 18.9 Å². The SMILES string of the molecule is C=CCOC(=O)c1c(C)c(OC)c(O[Si](C)C(C)(C)C(C)C)c(O[Si](C)C(C)(C)C(C)C)c1CSCC(NC(=O)CO)c1nc(C)no1. The van der Waals surface area contributed by atoms with E-state index in [0.717, 1.165) is 0 Å². The molecule has 0 saturated heterocycles. The molecular weight excluding hydrogens is 667 g/mol. The van der Waals surface area contributed by atoms with Crippen LogP contribution in [-0.4, -0.2) is 71.3 Å². The number of nitrogens with zero attached hydrogens (tertiary/aromatic N) is 2. The van der Waals surface area contributed by atoms with Gasteiger partial charge in [-0.05, 0) is 48.9 Å². The smallest absolute Gasteiger partial charge is 0.339 e. The fourth-order valence-electron chi connectivity index (χ4n) is 4.46. The van der Waals surface area contributed by atoms with Crippen molar-refractivity contribution in [2.75, 3.05) is 26.1 Å². The standard InChI is InChI=1S/C34H55N3O8SSi2/c1-15-16-42-32(40)27-22(6)28(41-12)30(45-48(14)34(10,11)21(4)5)29(44-47(13)33(8,9)20(2)3)24(27)18-46-19-25(36-26(39)17-38)31-35-23(7)37-43-31/h15,20-21,25,38H,1,16-19H2,2-14H3,(H,36,39). The molecule has 1 heterocycles. The Morgan fingerprint density at radius 2 is 1.58 bits per heavy atom. The summed E-state index contributed by atoms with van der Waals surface area (Å²) in [7, 11) is -1.50. The number of thioether (sulfide) groups is 1. The van der Waals surface area contributed by atoms with Crippen molar-refractivity contribution in [1.29, 1.82) is 0 Å². The average molecular weight is 722 g/mol. The number of hydrogen-bond donors (Lipinski definition) is 2. The number of amides is 1. The highest BCUT2D eigenvalue weighted by Gasteiger charge is 2.40. The number of carbonyl (C=O) groups is 2. The maximum Gasteiger partial charge on any atom is 0.339 e. The summed E-state index contributed by atoms with van der Waals surface area (Å²) in [6.45, 7) is 28.4. The number of carbonyl (C=O) groups excluding carboxylic acids is 2. The molecule has 48 heavy (non-hydrogen) atoms. The molecule has 11 nitrogen and oxygen atoms in total. The predicted molar refractivity (Wildman–Crippen MR) is 194 cm³/mol. The van der Waals surface area contributed by atoms with Gasteiger partial charge in [-0.2, -0.15) is 16.7 Å². The molecule has 1 atom stereocenters. The van der Waals surface area contributed by atoms with E-state index in [1.807, 2.05) is 6.92 Å². The van der Waals surface area contributed by atoms with Gasteiger partial charge in [0, 0.05) is 22.6 Å². The molecule has 1 aromatic heterocycles. The van der Waals surface area contributed by atoms with Crippen LogP contribution in [0.15, 0.2) is 17.2 Å². The van der Waals surface area contributed by atoms with Crippen molar-refractivity contribution in [3.63, 3.8) is 0 Å². The lowest BCUT2D eigenvalue weighted by molar-refractivity contribution is -0.124. The van der Waals surface area contributed by atoms with Crippen LogP contribution in [0.5, 0.6) is 17.2 Å². The van der Waals surface area contributed by atoms with Gasteiger partial charge in [-0.3, -0.25) is 4.79 Å². The maximum absolute atomic E-state index is 13.8. The molecule has 268 valence electrons. The molecule has 2 N–H and O–H groups in total. The first-order valence-electron chi connectivity index (χ1n) is 16.2. The molecule has 0 fully saturated rings. The molecule has 2 aromatic rings. The third-order valence-electron chi connectivity index (χ3n) is 9.51. The summed E-state index contributed by atoms with van der Waals surface area (Å²) in [5.41, 5.74) is 1.52.